The van der Waals surface area contributed by atoms with Gasteiger partial charge in [-0.2, -0.15) is 0 Å². The fraction of sp³-hybridized carbons (Fsp3) is 0.688. The number of anilines is 1. The molecule has 0 saturated carbocycles. The highest BCUT2D eigenvalue weighted by atomic mass is 35.5. The van der Waals surface area contributed by atoms with Gasteiger partial charge in [-0.25, -0.2) is 13.4 Å². The number of sulfonamides is 1. The molecule has 8 heteroatoms. The summed E-state index contributed by atoms with van der Waals surface area (Å²) in [6.07, 6.45) is 1.68. The molecule has 1 aromatic heterocycles. The maximum Gasteiger partial charge on any atom is 0.234 e. The summed E-state index contributed by atoms with van der Waals surface area (Å²) in [6, 6.07) is 1.77. The molecule has 136 valence electrons. The summed E-state index contributed by atoms with van der Waals surface area (Å²) in [4.78, 5) is 8.52. The third kappa shape index (κ3) is 5.58. The fourth-order valence-electron chi connectivity index (χ4n) is 2.47. The first-order valence-corrected chi connectivity index (χ1v) is 10.2. The van der Waals surface area contributed by atoms with Crippen LogP contribution in [0.5, 0.6) is 0 Å². The molecule has 0 aliphatic carbocycles. The first kappa shape index (κ1) is 19.4. The van der Waals surface area contributed by atoms with Crippen molar-refractivity contribution < 1.29 is 8.42 Å². The number of nitrogens with one attached hydrogen (secondary N) is 1. The van der Waals surface area contributed by atoms with E-state index in [0.717, 1.165) is 31.7 Å². The van der Waals surface area contributed by atoms with Crippen LogP contribution in [-0.4, -0.2) is 68.7 Å². The van der Waals surface area contributed by atoms with E-state index in [1.165, 1.54) is 0 Å². The normalized spacial score (nSPS) is 17.9. The number of piperazine rings is 1. The second kappa shape index (κ2) is 7.56. The van der Waals surface area contributed by atoms with E-state index in [2.05, 4.69) is 26.6 Å². The topological polar surface area (TPSA) is 65.5 Å². The smallest absolute Gasteiger partial charge is 0.234 e. The third-order valence-corrected chi connectivity index (χ3v) is 5.79. The summed E-state index contributed by atoms with van der Waals surface area (Å²) in [5, 5.41) is 0.172. The van der Waals surface area contributed by atoms with Gasteiger partial charge in [0.2, 0.25) is 10.0 Å². The molecule has 24 heavy (non-hydrogen) atoms. The molecule has 0 unspecified atom stereocenters. The molecule has 6 nitrogen and oxygen atoms in total. The van der Waals surface area contributed by atoms with E-state index in [-0.39, 0.29) is 16.3 Å². The van der Waals surface area contributed by atoms with E-state index in [1.54, 1.807) is 12.3 Å². The lowest BCUT2D eigenvalue weighted by atomic mass is 9.88. The lowest BCUT2D eigenvalue weighted by Gasteiger charge is -2.32. The Hall–Kier alpha value is -0.890. The van der Waals surface area contributed by atoms with Crippen LogP contribution in [-0.2, 0) is 15.4 Å². The van der Waals surface area contributed by atoms with Crippen molar-refractivity contribution in [2.24, 2.45) is 0 Å². The van der Waals surface area contributed by atoms with Crippen LogP contribution in [0.3, 0.4) is 0 Å². The van der Waals surface area contributed by atoms with E-state index in [4.69, 9.17) is 11.6 Å². The number of hydrogen-bond donors (Lipinski definition) is 1. The highest BCUT2D eigenvalue weighted by Gasteiger charge is 2.20. The number of halogens is 1. The second-order valence-electron chi connectivity index (χ2n) is 7.38. The van der Waals surface area contributed by atoms with Crippen molar-refractivity contribution >= 4 is 27.3 Å². The largest absolute Gasteiger partial charge is 0.304 e. The molecule has 2 rings (SSSR count). The van der Waals surface area contributed by atoms with Gasteiger partial charge in [-0.3, -0.25) is 9.62 Å². The lowest BCUT2D eigenvalue weighted by molar-refractivity contribution is 0.161. The Labute approximate surface area is 150 Å². The third-order valence-electron chi connectivity index (χ3n) is 4.24. The molecule has 0 amide bonds. The predicted molar refractivity (Wildman–Crippen MR) is 99.3 cm³/mol. The van der Waals surface area contributed by atoms with Crippen molar-refractivity contribution in [1.29, 1.82) is 0 Å². The van der Waals surface area contributed by atoms with Crippen molar-refractivity contribution in [3.63, 3.8) is 0 Å². The summed E-state index contributed by atoms with van der Waals surface area (Å²) in [7, 11) is -1.39. The minimum atomic E-state index is -3.46. The molecule has 1 aliphatic heterocycles. The van der Waals surface area contributed by atoms with E-state index in [9.17, 15) is 8.42 Å². The van der Waals surface area contributed by atoms with Crippen molar-refractivity contribution in [1.82, 2.24) is 14.8 Å². The van der Waals surface area contributed by atoms with Crippen molar-refractivity contribution in [3.8, 4) is 0 Å². The Kier molecular flexibility index (Phi) is 6.12. The number of nitrogens with zero attached hydrogens (tertiary/aromatic N) is 3. The van der Waals surface area contributed by atoms with Crippen molar-refractivity contribution in [2.75, 3.05) is 50.2 Å². The zero-order valence-electron chi connectivity index (χ0n) is 14.8. The Morgan fingerprint density at radius 1 is 1.25 bits per heavy atom. The van der Waals surface area contributed by atoms with Crippen LogP contribution in [0.4, 0.5) is 5.69 Å². The van der Waals surface area contributed by atoms with Crippen molar-refractivity contribution in [2.45, 2.75) is 26.2 Å². The zero-order chi connectivity index (χ0) is 18.0. The van der Waals surface area contributed by atoms with Gasteiger partial charge in [0.15, 0.2) is 5.15 Å². The summed E-state index contributed by atoms with van der Waals surface area (Å²) < 4.78 is 27.4. The van der Waals surface area contributed by atoms with Crippen LogP contribution in [0.1, 0.15) is 26.3 Å². The maximum atomic E-state index is 12.4. The Morgan fingerprint density at radius 3 is 2.46 bits per heavy atom. The zero-order valence-corrected chi connectivity index (χ0v) is 16.4. The summed E-state index contributed by atoms with van der Waals surface area (Å²) in [6.45, 7) is 10.4. The number of hydrogen-bond acceptors (Lipinski definition) is 5. The van der Waals surface area contributed by atoms with Crippen LogP contribution in [0.15, 0.2) is 12.3 Å². The molecule has 0 bridgehead atoms. The quantitative estimate of drug-likeness (QED) is 0.799. The van der Waals surface area contributed by atoms with Crippen LogP contribution in [0.25, 0.3) is 0 Å². The second-order valence-corrected chi connectivity index (χ2v) is 9.58. The minimum Gasteiger partial charge on any atom is -0.304 e. The molecular weight excluding hydrogens is 348 g/mol. The van der Waals surface area contributed by atoms with E-state index in [1.807, 2.05) is 20.8 Å². The SMILES string of the molecule is CN1CCN(CCS(=O)(=O)Nc2cc(C(C)(C)C)cnc2Cl)CC1. The van der Waals surface area contributed by atoms with Gasteiger partial charge < -0.3 is 4.90 Å². The Morgan fingerprint density at radius 2 is 1.88 bits per heavy atom. The molecule has 1 saturated heterocycles. The molecule has 0 radical (unpaired) electrons. The minimum absolute atomic E-state index is 0.0484. The molecular formula is C16H27ClN4O2S. The van der Waals surface area contributed by atoms with Gasteiger partial charge >= 0.3 is 0 Å². The van der Waals surface area contributed by atoms with E-state index < -0.39 is 10.0 Å². The van der Waals surface area contributed by atoms with Gasteiger partial charge in [0.25, 0.3) is 0 Å². The van der Waals surface area contributed by atoms with Crippen molar-refractivity contribution in [3.05, 3.63) is 23.0 Å². The number of aromatic nitrogens is 1. The van der Waals surface area contributed by atoms with Crippen LogP contribution < -0.4 is 4.72 Å². The van der Waals surface area contributed by atoms with Crippen LogP contribution in [0.2, 0.25) is 5.15 Å². The predicted octanol–water partition coefficient (Wildman–Crippen LogP) is 2.02. The number of likely N-dealkylation sites (N-methyl/N-ethyl adjacent to an activating group) is 1. The number of pyridine rings is 1. The molecule has 1 N–H and O–H groups in total. The van der Waals surface area contributed by atoms with Crippen LogP contribution >= 0.6 is 11.6 Å². The Balaban J connectivity index is 2.01. The molecule has 0 aromatic carbocycles. The highest BCUT2D eigenvalue weighted by Crippen LogP contribution is 2.28. The fourth-order valence-corrected chi connectivity index (χ4v) is 3.77. The first-order chi connectivity index (χ1) is 11.1. The van der Waals surface area contributed by atoms with Gasteiger partial charge in [-0.05, 0) is 24.1 Å². The van der Waals surface area contributed by atoms with Gasteiger partial charge in [-0.1, -0.05) is 32.4 Å². The lowest BCUT2D eigenvalue weighted by Crippen LogP contribution is -2.46. The Bertz CT molecular complexity index is 665. The summed E-state index contributed by atoms with van der Waals surface area (Å²) in [5.41, 5.74) is 1.16. The average molecular weight is 375 g/mol. The van der Waals surface area contributed by atoms with E-state index >= 15 is 0 Å². The molecule has 2 heterocycles. The molecule has 0 spiro atoms. The van der Waals surface area contributed by atoms with Gasteiger partial charge in [0.05, 0.1) is 11.4 Å². The average Bonchev–Trinajstić information content (AvgIpc) is 2.48. The maximum absolute atomic E-state index is 12.4. The summed E-state index contributed by atoms with van der Waals surface area (Å²) in [5.74, 6) is 0.0484. The first-order valence-electron chi connectivity index (χ1n) is 8.14. The van der Waals surface area contributed by atoms with E-state index in [0.29, 0.717) is 12.2 Å². The van der Waals surface area contributed by atoms with Gasteiger partial charge in [0, 0.05) is 38.9 Å². The molecule has 1 fully saturated rings. The molecule has 1 aromatic rings. The highest BCUT2D eigenvalue weighted by molar-refractivity contribution is 7.92. The van der Waals surface area contributed by atoms with Gasteiger partial charge in [-0.15, -0.1) is 0 Å². The molecule has 1 aliphatic rings. The standard InChI is InChI=1S/C16H27ClN4O2S/c1-16(2,3)13-11-14(15(17)18-12-13)19-24(22,23)10-9-21-7-5-20(4)6-8-21/h11-12,19H,5-10H2,1-4H3. The summed E-state index contributed by atoms with van der Waals surface area (Å²) >= 11 is 6.06. The monoisotopic (exact) mass is 374 g/mol. The van der Waals surface area contributed by atoms with Crippen LogP contribution in [0, 0.1) is 0 Å². The molecule has 0 atom stereocenters. The number of rotatable bonds is 5. The van der Waals surface area contributed by atoms with Gasteiger partial charge in [0.1, 0.15) is 0 Å².